The average Bonchev–Trinajstić information content (AvgIpc) is 3.26. The summed E-state index contributed by atoms with van der Waals surface area (Å²) in [6.45, 7) is -0.645. The summed E-state index contributed by atoms with van der Waals surface area (Å²) in [6, 6.07) is 4.46. The van der Waals surface area contributed by atoms with E-state index < -0.39 is 35.7 Å². The van der Waals surface area contributed by atoms with Crippen molar-refractivity contribution in [1.29, 1.82) is 0 Å². The highest BCUT2D eigenvalue weighted by Crippen LogP contribution is 2.49. The number of thiazole rings is 1. The van der Waals surface area contributed by atoms with Crippen LogP contribution in [-0.2, 0) is 31.1 Å². The Labute approximate surface area is 162 Å². The van der Waals surface area contributed by atoms with E-state index in [-0.39, 0.29) is 29.2 Å². The molecule has 1 N–H and O–H groups in total. The number of nitrogens with zero attached hydrogens (tertiary/aromatic N) is 3. The molecule has 2 aliphatic rings. The average molecular weight is 406 g/mol. The van der Waals surface area contributed by atoms with Gasteiger partial charge >= 0.3 is 5.97 Å². The molecule has 10 heteroatoms. The van der Waals surface area contributed by atoms with Crippen LogP contribution in [0, 0.1) is 0 Å². The number of hydrogen-bond donors (Lipinski definition) is 1. The molecule has 2 aliphatic heterocycles. The summed E-state index contributed by atoms with van der Waals surface area (Å²) in [6.07, 6.45) is -0.363. The number of halogens is 1. The highest BCUT2D eigenvalue weighted by atomic mass is 35.5. The first-order chi connectivity index (χ1) is 12.8. The van der Waals surface area contributed by atoms with Gasteiger partial charge in [0, 0.05) is 21.7 Å². The third-order valence-electron chi connectivity index (χ3n) is 4.74. The van der Waals surface area contributed by atoms with Gasteiger partial charge in [-0.15, -0.1) is 11.3 Å². The molecule has 0 aliphatic carbocycles. The fourth-order valence-electron chi connectivity index (χ4n) is 3.59. The summed E-state index contributed by atoms with van der Waals surface area (Å²) in [5.74, 6) is -3.13. The highest BCUT2D eigenvalue weighted by molar-refractivity contribution is 7.07. The number of aliphatic carboxylic acids is 1. The van der Waals surface area contributed by atoms with E-state index in [1.54, 1.807) is 10.9 Å². The van der Waals surface area contributed by atoms with Gasteiger partial charge in [0.25, 0.3) is 0 Å². The number of hydrogen-bond acceptors (Lipinski definition) is 6. The van der Waals surface area contributed by atoms with Gasteiger partial charge in [0.2, 0.25) is 17.7 Å². The molecule has 1 atom stereocenters. The molecule has 1 aromatic carbocycles. The topological polar surface area (TPSA) is 108 Å². The van der Waals surface area contributed by atoms with Crippen molar-refractivity contribution in [2.75, 3.05) is 11.4 Å². The van der Waals surface area contributed by atoms with Crippen molar-refractivity contribution in [3.8, 4) is 0 Å². The maximum atomic E-state index is 13.2. The Morgan fingerprint density at radius 1 is 1.26 bits per heavy atom. The van der Waals surface area contributed by atoms with Crippen molar-refractivity contribution in [2.45, 2.75) is 18.4 Å². The van der Waals surface area contributed by atoms with Gasteiger partial charge in [-0.2, -0.15) is 0 Å². The lowest BCUT2D eigenvalue weighted by Crippen LogP contribution is -2.47. The Hall–Kier alpha value is -2.78. The number of carbonyl (C=O) groups excluding carboxylic acids is 3. The van der Waals surface area contributed by atoms with Crippen molar-refractivity contribution in [3.05, 3.63) is 45.4 Å². The summed E-state index contributed by atoms with van der Waals surface area (Å²) in [7, 11) is 0. The van der Waals surface area contributed by atoms with Gasteiger partial charge < -0.3 is 5.11 Å². The maximum Gasteiger partial charge on any atom is 0.323 e. The number of anilines is 1. The zero-order chi connectivity index (χ0) is 19.3. The fraction of sp³-hybridized carbons (Fsp3) is 0.235. The van der Waals surface area contributed by atoms with Crippen LogP contribution >= 0.6 is 22.9 Å². The number of benzene rings is 1. The van der Waals surface area contributed by atoms with Gasteiger partial charge in [0.1, 0.15) is 6.54 Å². The summed E-state index contributed by atoms with van der Waals surface area (Å²) in [4.78, 5) is 56.3. The first-order valence-corrected chi connectivity index (χ1v) is 9.22. The van der Waals surface area contributed by atoms with Crippen LogP contribution in [0.2, 0.25) is 5.02 Å². The van der Waals surface area contributed by atoms with E-state index >= 15 is 0 Å². The van der Waals surface area contributed by atoms with Gasteiger partial charge in [-0.3, -0.25) is 29.0 Å². The monoisotopic (exact) mass is 405 g/mol. The van der Waals surface area contributed by atoms with Crippen LogP contribution in [0.5, 0.6) is 0 Å². The molecule has 1 saturated heterocycles. The molecule has 3 amide bonds. The van der Waals surface area contributed by atoms with E-state index in [2.05, 4.69) is 4.98 Å². The van der Waals surface area contributed by atoms with Crippen LogP contribution in [0.15, 0.2) is 29.1 Å². The molecule has 3 heterocycles. The minimum Gasteiger partial charge on any atom is -0.480 e. The zero-order valence-electron chi connectivity index (χ0n) is 13.7. The molecule has 138 valence electrons. The van der Waals surface area contributed by atoms with E-state index in [0.717, 1.165) is 9.80 Å². The Bertz CT molecular complexity index is 992. The fourth-order valence-corrected chi connectivity index (χ4v) is 4.31. The van der Waals surface area contributed by atoms with Crippen molar-refractivity contribution in [2.24, 2.45) is 0 Å². The lowest BCUT2D eigenvalue weighted by atomic mass is 9.80. The predicted octanol–water partition coefficient (Wildman–Crippen LogP) is 1.42. The number of rotatable bonds is 4. The minimum absolute atomic E-state index is 0.0367. The maximum absolute atomic E-state index is 13.2. The highest BCUT2D eigenvalue weighted by Gasteiger charge is 2.63. The number of amides is 3. The third kappa shape index (κ3) is 2.54. The van der Waals surface area contributed by atoms with E-state index in [1.165, 1.54) is 29.5 Å². The number of fused-ring (bicyclic) bond motifs is 2. The summed E-state index contributed by atoms with van der Waals surface area (Å²) in [5, 5.41) is 11.2. The largest absolute Gasteiger partial charge is 0.480 e. The molecule has 27 heavy (non-hydrogen) atoms. The number of carboxylic acid groups (broad SMARTS) is 1. The zero-order valence-corrected chi connectivity index (χ0v) is 15.3. The number of imide groups is 1. The van der Waals surface area contributed by atoms with Crippen molar-refractivity contribution in [1.82, 2.24) is 9.88 Å². The van der Waals surface area contributed by atoms with E-state index in [0.29, 0.717) is 5.69 Å². The molecule has 1 aromatic heterocycles. The molecular formula is C17H12ClN3O5S. The predicted molar refractivity (Wildman–Crippen MR) is 95.4 cm³/mol. The lowest BCUT2D eigenvalue weighted by molar-refractivity contribution is -0.143. The number of likely N-dealkylation sites (tertiary alicyclic amines) is 1. The van der Waals surface area contributed by atoms with Crippen LogP contribution < -0.4 is 4.90 Å². The molecule has 0 unspecified atom stereocenters. The Balaban J connectivity index is 1.81. The first kappa shape index (κ1) is 17.6. The number of carbonyl (C=O) groups is 4. The first-order valence-electron chi connectivity index (χ1n) is 7.90. The van der Waals surface area contributed by atoms with E-state index in [9.17, 15) is 19.2 Å². The number of aromatic nitrogens is 1. The molecule has 2 aromatic rings. The second kappa shape index (κ2) is 6.14. The van der Waals surface area contributed by atoms with Gasteiger partial charge in [-0.25, -0.2) is 4.98 Å². The van der Waals surface area contributed by atoms with Gasteiger partial charge in [0.05, 0.1) is 24.2 Å². The molecule has 0 saturated carbocycles. The normalized spacial score (nSPS) is 21.4. The minimum atomic E-state index is -1.78. The van der Waals surface area contributed by atoms with Gasteiger partial charge in [-0.05, 0) is 18.2 Å². The van der Waals surface area contributed by atoms with E-state index in [4.69, 9.17) is 16.7 Å². The smallest absolute Gasteiger partial charge is 0.323 e. The van der Waals surface area contributed by atoms with Crippen molar-refractivity contribution >= 4 is 52.3 Å². The molecule has 0 radical (unpaired) electrons. The standard InChI is InChI=1S/C17H12ClN3O5S/c18-9-1-2-12-11(3-9)17(15(25)20(12)6-14(23)24)4-13(22)21(16(17)26)5-10-7-27-8-19-10/h1-3,7-8H,4-6H2,(H,23,24)/t17-/m1/s1. The molecular weight excluding hydrogens is 394 g/mol. The van der Waals surface area contributed by atoms with Gasteiger partial charge in [0.15, 0.2) is 5.41 Å². The third-order valence-corrected chi connectivity index (χ3v) is 5.61. The van der Waals surface area contributed by atoms with E-state index in [1.807, 2.05) is 0 Å². The van der Waals surface area contributed by atoms with Crippen molar-refractivity contribution in [3.63, 3.8) is 0 Å². The Kier molecular flexibility index (Phi) is 4.01. The second-order valence-corrected chi connectivity index (χ2v) is 7.45. The van der Waals surface area contributed by atoms with Crippen LogP contribution in [0.1, 0.15) is 17.7 Å². The number of carboxylic acids is 1. The van der Waals surface area contributed by atoms with Crippen LogP contribution in [0.4, 0.5) is 5.69 Å². The molecule has 4 rings (SSSR count). The van der Waals surface area contributed by atoms with Crippen molar-refractivity contribution < 1.29 is 24.3 Å². The SMILES string of the molecule is O=C(O)CN1C(=O)[C@@]2(CC(=O)N(Cc3cscn3)C2=O)c2cc(Cl)ccc21. The van der Waals surface area contributed by atoms with Crippen LogP contribution in [0.3, 0.4) is 0 Å². The molecule has 8 nitrogen and oxygen atoms in total. The van der Waals surface area contributed by atoms with Gasteiger partial charge in [-0.1, -0.05) is 11.6 Å². The van der Waals surface area contributed by atoms with Crippen LogP contribution in [0.25, 0.3) is 0 Å². The summed E-state index contributed by atoms with van der Waals surface area (Å²) >= 11 is 7.39. The summed E-state index contributed by atoms with van der Waals surface area (Å²) in [5.41, 5.74) is 0.894. The Morgan fingerprint density at radius 3 is 2.67 bits per heavy atom. The second-order valence-electron chi connectivity index (χ2n) is 6.29. The molecule has 1 fully saturated rings. The quantitative estimate of drug-likeness (QED) is 0.609. The molecule has 1 spiro atoms. The van der Waals surface area contributed by atoms with Crippen LogP contribution in [-0.4, -0.2) is 45.2 Å². The lowest BCUT2D eigenvalue weighted by Gasteiger charge is -2.21. The molecule has 0 bridgehead atoms. The Morgan fingerprint density at radius 2 is 2.00 bits per heavy atom. The summed E-state index contributed by atoms with van der Waals surface area (Å²) < 4.78 is 0.